The average molecular weight is 224 g/mol. The first-order valence-corrected chi connectivity index (χ1v) is 5.74. The highest BCUT2D eigenvalue weighted by molar-refractivity contribution is 5.95. The Labute approximate surface area is 102 Å². The summed E-state index contributed by atoms with van der Waals surface area (Å²) in [6, 6.07) is 16.3. The summed E-state index contributed by atoms with van der Waals surface area (Å²) in [7, 11) is 0. The average Bonchev–Trinajstić information content (AvgIpc) is 2.39. The van der Waals surface area contributed by atoms with E-state index in [0.29, 0.717) is 0 Å². The van der Waals surface area contributed by atoms with Crippen molar-refractivity contribution in [2.45, 2.75) is 13.3 Å². The van der Waals surface area contributed by atoms with Crippen LogP contribution in [0.2, 0.25) is 0 Å². The van der Waals surface area contributed by atoms with Crippen molar-refractivity contribution < 1.29 is 0 Å². The smallest absolute Gasteiger partial charge is 0.122 e. The molecule has 17 heavy (non-hydrogen) atoms. The first-order valence-electron chi connectivity index (χ1n) is 5.74. The van der Waals surface area contributed by atoms with Crippen LogP contribution in [0.3, 0.4) is 0 Å². The van der Waals surface area contributed by atoms with Crippen molar-refractivity contribution in [1.29, 1.82) is 5.41 Å². The number of rotatable bonds is 3. The molecule has 3 N–H and O–H groups in total. The van der Waals surface area contributed by atoms with Crippen molar-refractivity contribution in [3.63, 3.8) is 0 Å². The first-order chi connectivity index (χ1) is 8.20. The Morgan fingerprint density at radius 3 is 2.35 bits per heavy atom. The van der Waals surface area contributed by atoms with E-state index in [2.05, 4.69) is 31.2 Å². The topological polar surface area (TPSA) is 49.9 Å². The molecule has 0 spiro atoms. The van der Waals surface area contributed by atoms with Gasteiger partial charge in [-0.05, 0) is 23.1 Å². The summed E-state index contributed by atoms with van der Waals surface area (Å²) in [4.78, 5) is 0. The molecular formula is C15H16N2. The number of hydrogen-bond acceptors (Lipinski definition) is 1. The molecule has 2 rings (SSSR count). The van der Waals surface area contributed by atoms with Gasteiger partial charge in [0.25, 0.3) is 0 Å². The van der Waals surface area contributed by atoms with E-state index in [0.717, 1.165) is 17.5 Å². The maximum absolute atomic E-state index is 7.35. The number of hydrogen-bond donors (Lipinski definition) is 2. The molecule has 86 valence electrons. The minimum absolute atomic E-state index is 0.110. The number of amidine groups is 1. The van der Waals surface area contributed by atoms with E-state index in [1.54, 1.807) is 0 Å². The normalized spacial score (nSPS) is 10.2. The fourth-order valence-corrected chi connectivity index (χ4v) is 1.81. The lowest BCUT2D eigenvalue weighted by molar-refractivity contribution is 1.14. The molecular weight excluding hydrogens is 208 g/mol. The zero-order chi connectivity index (χ0) is 12.3. The van der Waals surface area contributed by atoms with Gasteiger partial charge in [-0.3, -0.25) is 5.41 Å². The number of benzene rings is 2. The van der Waals surface area contributed by atoms with Gasteiger partial charge in [-0.1, -0.05) is 55.5 Å². The van der Waals surface area contributed by atoms with Gasteiger partial charge in [0.15, 0.2) is 0 Å². The van der Waals surface area contributed by atoms with E-state index in [1.165, 1.54) is 11.1 Å². The van der Waals surface area contributed by atoms with Crippen LogP contribution in [-0.2, 0) is 6.42 Å². The van der Waals surface area contributed by atoms with Gasteiger partial charge >= 0.3 is 0 Å². The highest BCUT2D eigenvalue weighted by Crippen LogP contribution is 2.21. The largest absolute Gasteiger partial charge is 0.384 e. The minimum atomic E-state index is 0.110. The number of nitrogens with two attached hydrogens (primary N) is 1. The van der Waals surface area contributed by atoms with Gasteiger partial charge in [-0.2, -0.15) is 0 Å². The minimum Gasteiger partial charge on any atom is -0.384 e. The predicted molar refractivity (Wildman–Crippen MR) is 72.3 cm³/mol. The van der Waals surface area contributed by atoms with E-state index in [4.69, 9.17) is 11.1 Å². The molecule has 0 atom stereocenters. The summed E-state index contributed by atoms with van der Waals surface area (Å²) in [6.07, 6.45) is 1.04. The van der Waals surface area contributed by atoms with Gasteiger partial charge in [0, 0.05) is 5.56 Å². The molecule has 0 fully saturated rings. The van der Waals surface area contributed by atoms with E-state index in [9.17, 15) is 0 Å². The van der Waals surface area contributed by atoms with Gasteiger partial charge in [0.1, 0.15) is 5.84 Å². The monoisotopic (exact) mass is 224 g/mol. The van der Waals surface area contributed by atoms with Crippen LogP contribution in [0.25, 0.3) is 11.1 Å². The summed E-state index contributed by atoms with van der Waals surface area (Å²) < 4.78 is 0. The lowest BCUT2D eigenvalue weighted by Gasteiger charge is -2.05. The van der Waals surface area contributed by atoms with E-state index in [1.807, 2.05) is 24.3 Å². The Morgan fingerprint density at radius 1 is 1.06 bits per heavy atom. The lowest BCUT2D eigenvalue weighted by Crippen LogP contribution is -2.10. The molecule has 0 aliphatic rings. The molecule has 2 aromatic carbocycles. The van der Waals surface area contributed by atoms with E-state index < -0.39 is 0 Å². The van der Waals surface area contributed by atoms with Crippen molar-refractivity contribution in [1.82, 2.24) is 0 Å². The molecule has 0 radical (unpaired) electrons. The van der Waals surface area contributed by atoms with Crippen molar-refractivity contribution in [2.75, 3.05) is 0 Å². The first kappa shape index (κ1) is 11.4. The van der Waals surface area contributed by atoms with Crippen LogP contribution in [0.15, 0.2) is 48.5 Å². The third kappa shape index (κ3) is 2.53. The number of aryl methyl sites for hydroxylation is 1. The Bertz CT molecular complexity index is 527. The Balaban J connectivity index is 2.36. The second kappa shape index (κ2) is 4.83. The van der Waals surface area contributed by atoms with Gasteiger partial charge in [0.2, 0.25) is 0 Å². The molecule has 0 aliphatic carbocycles. The van der Waals surface area contributed by atoms with Crippen LogP contribution in [-0.4, -0.2) is 5.84 Å². The second-order valence-corrected chi connectivity index (χ2v) is 4.04. The SMILES string of the molecule is CCc1cccc(-c2ccc(C(=N)N)cc2)c1. The predicted octanol–water partition coefficient (Wildman–Crippen LogP) is 3.20. The molecule has 0 bridgehead atoms. The molecule has 0 unspecified atom stereocenters. The fraction of sp³-hybridized carbons (Fsp3) is 0.133. The molecule has 0 aliphatic heterocycles. The summed E-state index contributed by atoms with van der Waals surface area (Å²) in [5.41, 5.74) is 9.89. The highest BCUT2D eigenvalue weighted by Gasteiger charge is 2.00. The van der Waals surface area contributed by atoms with Crippen LogP contribution in [0, 0.1) is 5.41 Å². The highest BCUT2D eigenvalue weighted by atomic mass is 14.7. The van der Waals surface area contributed by atoms with Crippen molar-refractivity contribution in [3.8, 4) is 11.1 Å². The Morgan fingerprint density at radius 2 is 1.76 bits per heavy atom. The van der Waals surface area contributed by atoms with Crippen LogP contribution >= 0.6 is 0 Å². The molecule has 0 aromatic heterocycles. The van der Waals surface area contributed by atoms with Crippen molar-refractivity contribution >= 4 is 5.84 Å². The van der Waals surface area contributed by atoms with Gasteiger partial charge in [-0.15, -0.1) is 0 Å². The quantitative estimate of drug-likeness (QED) is 0.610. The van der Waals surface area contributed by atoms with Crippen molar-refractivity contribution in [3.05, 3.63) is 59.7 Å². The molecule has 2 heteroatoms. The fourth-order valence-electron chi connectivity index (χ4n) is 1.81. The summed E-state index contributed by atoms with van der Waals surface area (Å²) in [6.45, 7) is 2.15. The molecule has 0 heterocycles. The Hall–Kier alpha value is -2.09. The van der Waals surface area contributed by atoms with E-state index >= 15 is 0 Å². The van der Waals surface area contributed by atoms with Crippen LogP contribution in [0.5, 0.6) is 0 Å². The lowest BCUT2D eigenvalue weighted by atomic mass is 10.0. The van der Waals surface area contributed by atoms with Crippen molar-refractivity contribution in [2.24, 2.45) is 5.73 Å². The summed E-state index contributed by atoms with van der Waals surface area (Å²) >= 11 is 0. The van der Waals surface area contributed by atoms with E-state index in [-0.39, 0.29) is 5.84 Å². The second-order valence-electron chi connectivity index (χ2n) is 4.04. The summed E-state index contributed by atoms with van der Waals surface area (Å²) in [5.74, 6) is 0.110. The molecule has 0 amide bonds. The summed E-state index contributed by atoms with van der Waals surface area (Å²) in [5, 5.41) is 7.35. The molecule has 0 saturated heterocycles. The maximum atomic E-state index is 7.35. The third-order valence-corrected chi connectivity index (χ3v) is 2.86. The van der Waals surface area contributed by atoms with Gasteiger partial charge in [0.05, 0.1) is 0 Å². The van der Waals surface area contributed by atoms with Gasteiger partial charge in [-0.25, -0.2) is 0 Å². The maximum Gasteiger partial charge on any atom is 0.122 e. The zero-order valence-electron chi connectivity index (χ0n) is 9.90. The standard InChI is InChI=1S/C15H16N2/c1-2-11-4-3-5-14(10-11)12-6-8-13(9-7-12)15(16)17/h3-10H,2H2,1H3,(H3,16,17). The molecule has 2 aromatic rings. The number of nitrogen functional groups attached to an aromatic ring is 1. The van der Waals surface area contributed by atoms with Crippen LogP contribution in [0.1, 0.15) is 18.1 Å². The Kier molecular flexibility index (Phi) is 3.24. The van der Waals surface area contributed by atoms with Crippen LogP contribution in [0.4, 0.5) is 0 Å². The molecule has 0 saturated carbocycles. The molecule has 2 nitrogen and oxygen atoms in total. The van der Waals surface area contributed by atoms with Gasteiger partial charge < -0.3 is 5.73 Å². The number of nitrogens with one attached hydrogen (secondary N) is 1. The third-order valence-electron chi connectivity index (χ3n) is 2.86. The van der Waals surface area contributed by atoms with Crippen LogP contribution < -0.4 is 5.73 Å². The zero-order valence-corrected chi connectivity index (χ0v) is 9.90.